The Bertz CT molecular complexity index is 367. The summed E-state index contributed by atoms with van der Waals surface area (Å²) in [4.78, 5) is 22.5. The molecule has 1 N–H and O–H groups in total. The van der Waals surface area contributed by atoms with Crippen LogP contribution in [0, 0.1) is 6.92 Å². The quantitative estimate of drug-likeness (QED) is 0.664. The van der Waals surface area contributed by atoms with Crippen LogP contribution in [-0.4, -0.2) is 17.5 Å². The zero-order chi connectivity index (χ0) is 10.0. The number of nitrogens with zero attached hydrogens (tertiary/aromatic N) is 1. The first-order valence-electron chi connectivity index (χ1n) is 3.95. The minimum Gasteiger partial charge on any atom is -0.355 e. The second-order valence-electron chi connectivity index (χ2n) is 2.91. The molecular weight excluding hydrogens is 168 g/mol. The number of carbonyl (C=O) groups is 1. The van der Waals surface area contributed by atoms with Crippen LogP contribution >= 0.6 is 0 Å². The fourth-order valence-electron chi connectivity index (χ4n) is 1.15. The largest absolute Gasteiger partial charge is 0.355 e. The molecule has 13 heavy (non-hydrogen) atoms. The summed E-state index contributed by atoms with van der Waals surface area (Å²) in [7, 11) is 3.19. The third kappa shape index (κ3) is 1.77. The van der Waals surface area contributed by atoms with Crippen molar-refractivity contribution in [1.82, 2.24) is 9.88 Å². The minimum atomic E-state index is -0.182. The molecule has 1 aromatic rings. The van der Waals surface area contributed by atoms with Crippen molar-refractivity contribution in [2.45, 2.75) is 6.92 Å². The van der Waals surface area contributed by atoms with Crippen molar-refractivity contribution in [3.63, 3.8) is 0 Å². The number of aromatic nitrogens is 1. The molecule has 0 spiro atoms. The van der Waals surface area contributed by atoms with E-state index in [1.807, 2.05) is 0 Å². The van der Waals surface area contributed by atoms with Crippen LogP contribution in [0.25, 0.3) is 0 Å². The van der Waals surface area contributed by atoms with Crippen molar-refractivity contribution < 1.29 is 4.79 Å². The van der Waals surface area contributed by atoms with E-state index < -0.39 is 0 Å². The van der Waals surface area contributed by atoms with E-state index in [1.54, 1.807) is 27.1 Å². The average molecular weight is 180 g/mol. The van der Waals surface area contributed by atoms with Gasteiger partial charge in [-0.15, -0.1) is 0 Å². The number of nitrogens with one attached hydrogen (secondary N) is 1. The van der Waals surface area contributed by atoms with Crippen LogP contribution in [0.1, 0.15) is 15.9 Å². The molecule has 1 heterocycles. The van der Waals surface area contributed by atoms with E-state index in [9.17, 15) is 9.59 Å². The summed E-state index contributed by atoms with van der Waals surface area (Å²) in [6.07, 6.45) is 1.52. The Kier molecular flexibility index (Phi) is 2.51. The Hall–Kier alpha value is -1.58. The van der Waals surface area contributed by atoms with Crippen molar-refractivity contribution in [3.05, 3.63) is 33.7 Å². The molecule has 0 aliphatic carbocycles. The minimum absolute atomic E-state index is 0.0762. The van der Waals surface area contributed by atoms with Crippen LogP contribution < -0.4 is 10.9 Å². The van der Waals surface area contributed by atoms with E-state index >= 15 is 0 Å². The molecule has 0 bridgehead atoms. The van der Waals surface area contributed by atoms with Gasteiger partial charge in [0.25, 0.3) is 11.5 Å². The first-order valence-corrected chi connectivity index (χ1v) is 3.95. The first kappa shape index (κ1) is 9.51. The van der Waals surface area contributed by atoms with Gasteiger partial charge in [-0.1, -0.05) is 0 Å². The summed E-state index contributed by atoms with van der Waals surface area (Å²) < 4.78 is 1.40. The van der Waals surface area contributed by atoms with Crippen LogP contribution in [0.5, 0.6) is 0 Å². The number of hydrogen-bond donors (Lipinski definition) is 1. The predicted octanol–water partition coefficient (Wildman–Crippen LogP) is 0.0533. The van der Waals surface area contributed by atoms with Crippen molar-refractivity contribution in [3.8, 4) is 0 Å². The summed E-state index contributed by atoms with van der Waals surface area (Å²) >= 11 is 0. The van der Waals surface area contributed by atoms with Gasteiger partial charge in [-0.2, -0.15) is 0 Å². The Morgan fingerprint density at radius 1 is 1.54 bits per heavy atom. The lowest BCUT2D eigenvalue weighted by Gasteiger charge is -2.03. The zero-order valence-corrected chi connectivity index (χ0v) is 7.92. The molecule has 0 unspecified atom stereocenters. The summed E-state index contributed by atoms with van der Waals surface area (Å²) in [5.41, 5.74) is 0.998. The van der Waals surface area contributed by atoms with Crippen LogP contribution in [0.2, 0.25) is 0 Å². The Morgan fingerprint density at radius 2 is 2.15 bits per heavy atom. The Morgan fingerprint density at radius 3 is 2.62 bits per heavy atom. The maximum absolute atomic E-state index is 11.3. The van der Waals surface area contributed by atoms with Crippen LogP contribution in [0.3, 0.4) is 0 Å². The second-order valence-corrected chi connectivity index (χ2v) is 2.91. The standard InChI is InChI=1S/C9H12N2O2/c1-6-4-7(8(12)10-2)5-11(3)9(6)13/h4-5H,1-3H3,(H,10,12). The van der Waals surface area contributed by atoms with Gasteiger partial charge in [-0.05, 0) is 13.0 Å². The van der Waals surface area contributed by atoms with Crippen LogP contribution in [-0.2, 0) is 7.05 Å². The Labute approximate surface area is 76.2 Å². The number of pyridine rings is 1. The van der Waals surface area contributed by atoms with Crippen LogP contribution in [0.15, 0.2) is 17.1 Å². The summed E-state index contributed by atoms with van der Waals surface area (Å²) in [6.45, 7) is 1.69. The molecule has 0 aromatic carbocycles. The van der Waals surface area contributed by atoms with E-state index in [-0.39, 0.29) is 11.5 Å². The van der Waals surface area contributed by atoms with Gasteiger partial charge in [-0.25, -0.2) is 0 Å². The lowest BCUT2D eigenvalue weighted by Crippen LogP contribution is -2.24. The molecule has 1 rings (SSSR count). The topological polar surface area (TPSA) is 51.1 Å². The van der Waals surface area contributed by atoms with Gasteiger partial charge in [-0.3, -0.25) is 9.59 Å². The molecular formula is C9H12N2O2. The maximum atomic E-state index is 11.3. The summed E-state index contributed by atoms with van der Waals surface area (Å²) in [5.74, 6) is -0.182. The molecule has 0 saturated heterocycles. The Balaban J connectivity index is 3.29. The number of carbonyl (C=O) groups excluding carboxylic acids is 1. The second kappa shape index (κ2) is 3.43. The summed E-state index contributed by atoms with van der Waals surface area (Å²) in [6, 6.07) is 1.58. The number of amides is 1. The fourth-order valence-corrected chi connectivity index (χ4v) is 1.15. The molecule has 70 valence electrons. The average Bonchev–Trinajstić information content (AvgIpc) is 2.12. The van der Waals surface area contributed by atoms with Gasteiger partial charge in [0, 0.05) is 25.9 Å². The third-order valence-corrected chi connectivity index (χ3v) is 1.85. The number of aryl methyl sites for hydroxylation is 2. The number of rotatable bonds is 1. The van der Waals surface area contributed by atoms with Gasteiger partial charge < -0.3 is 9.88 Å². The van der Waals surface area contributed by atoms with Gasteiger partial charge in [0.1, 0.15) is 0 Å². The van der Waals surface area contributed by atoms with Gasteiger partial charge >= 0.3 is 0 Å². The van der Waals surface area contributed by atoms with E-state index in [2.05, 4.69) is 5.32 Å². The molecule has 0 atom stereocenters. The molecule has 1 aromatic heterocycles. The fraction of sp³-hybridized carbons (Fsp3) is 0.333. The lowest BCUT2D eigenvalue weighted by atomic mass is 10.2. The normalized spacial score (nSPS) is 9.77. The van der Waals surface area contributed by atoms with Gasteiger partial charge in [0.2, 0.25) is 0 Å². The van der Waals surface area contributed by atoms with Gasteiger partial charge in [0.15, 0.2) is 0 Å². The van der Waals surface area contributed by atoms with Crippen molar-refractivity contribution in [2.75, 3.05) is 7.05 Å². The lowest BCUT2D eigenvalue weighted by molar-refractivity contribution is 0.0962. The highest BCUT2D eigenvalue weighted by Crippen LogP contribution is 1.98. The van der Waals surface area contributed by atoms with E-state index in [4.69, 9.17) is 0 Å². The molecule has 0 aliphatic rings. The van der Waals surface area contributed by atoms with Crippen LogP contribution in [0.4, 0.5) is 0 Å². The van der Waals surface area contributed by atoms with Crippen molar-refractivity contribution in [1.29, 1.82) is 0 Å². The number of hydrogen-bond acceptors (Lipinski definition) is 2. The highest BCUT2D eigenvalue weighted by Gasteiger charge is 2.05. The van der Waals surface area contributed by atoms with E-state index in [1.165, 1.54) is 10.8 Å². The molecule has 0 fully saturated rings. The van der Waals surface area contributed by atoms with Crippen molar-refractivity contribution in [2.24, 2.45) is 7.05 Å². The van der Waals surface area contributed by atoms with Crippen molar-refractivity contribution >= 4 is 5.91 Å². The first-order chi connectivity index (χ1) is 6.06. The molecule has 0 radical (unpaired) electrons. The monoisotopic (exact) mass is 180 g/mol. The maximum Gasteiger partial charge on any atom is 0.253 e. The van der Waals surface area contributed by atoms with Gasteiger partial charge in [0.05, 0.1) is 5.56 Å². The SMILES string of the molecule is CNC(=O)c1cc(C)c(=O)n(C)c1. The predicted molar refractivity (Wildman–Crippen MR) is 49.8 cm³/mol. The highest BCUT2D eigenvalue weighted by atomic mass is 16.1. The molecule has 0 aliphatic heterocycles. The zero-order valence-electron chi connectivity index (χ0n) is 7.92. The molecule has 4 heteroatoms. The molecule has 0 saturated carbocycles. The van der Waals surface area contributed by atoms with E-state index in [0.717, 1.165) is 0 Å². The third-order valence-electron chi connectivity index (χ3n) is 1.85. The molecule has 4 nitrogen and oxygen atoms in total. The highest BCUT2D eigenvalue weighted by molar-refractivity contribution is 5.93. The summed E-state index contributed by atoms with van der Waals surface area (Å²) in [5, 5.41) is 2.50. The smallest absolute Gasteiger partial charge is 0.253 e. The molecule has 1 amide bonds. The van der Waals surface area contributed by atoms with E-state index in [0.29, 0.717) is 11.1 Å².